The van der Waals surface area contributed by atoms with Gasteiger partial charge in [0.15, 0.2) is 0 Å². The van der Waals surface area contributed by atoms with Crippen molar-refractivity contribution in [3.05, 3.63) is 12.4 Å². The molecule has 1 saturated heterocycles. The molecular formula is C9H17N3O. The Bertz CT molecular complexity index is 197. The minimum atomic E-state index is 0.439. The molecule has 13 heavy (non-hydrogen) atoms. The largest absolute Gasteiger partial charge is 0.386 e. The summed E-state index contributed by atoms with van der Waals surface area (Å²) in [5, 5.41) is 0. The van der Waals surface area contributed by atoms with Crippen LogP contribution in [0.25, 0.3) is 0 Å². The van der Waals surface area contributed by atoms with Gasteiger partial charge in [0.2, 0.25) is 6.41 Å². The average Bonchev–Trinajstić information content (AvgIpc) is 2.17. The molecule has 74 valence electrons. The molecule has 2 N–H and O–H groups in total. The van der Waals surface area contributed by atoms with E-state index in [-0.39, 0.29) is 0 Å². The van der Waals surface area contributed by atoms with Crippen LogP contribution < -0.4 is 5.73 Å². The van der Waals surface area contributed by atoms with Crippen LogP contribution >= 0.6 is 0 Å². The molecule has 0 aliphatic carbocycles. The van der Waals surface area contributed by atoms with Crippen LogP contribution in [0, 0.1) is 0 Å². The lowest BCUT2D eigenvalue weighted by atomic mass is 10.0. The minimum Gasteiger partial charge on any atom is -0.386 e. The number of carbonyl (C=O) groups excluding carboxylic acids is 1. The van der Waals surface area contributed by atoms with E-state index >= 15 is 0 Å². The Morgan fingerprint density at radius 2 is 2.15 bits per heavy atom. The van der Waals surface area contributed by atoms with Gasteiger partial charge >= 0.3 is 0 Å². The van der Waals surface area contributed by atoms with E-state index < -0.39 is 0 Å². The summed E-state index contributed by atoms with van der Waals surface area (Å²) in [5.74, 6) is 0.601. The van der Waals surface area contributed by atoms with Gasteiger partial charge in [-0.15, -0.1) is 0 Å². The average molecular weight is 183 g/mol. The number of rotatable bonds is 3. The van der Waals surface area contributed by atoms with E-state index in [1.54, 1.807) is 4.90 Å². The predicted molar refractivity (Wildman–Crippen MR) is 51.7 cm³/mol. The van der Waals surface area contributed by atoms with Crippen LogP contribution in [0.1, 0.15) is 12.8 Å². The van der Waals surface area contributed by atoms with Gasteiger partial charge in [-0.05, 0) is 12.8 Å². The first-order valence-electron chi connectivity index (χ1n) is 4.51. The molecule has 1 aliphatic rings. The highest BCUT2D eigenvalue weighted by molar-refractivity contribution is 5.47. The molecule has 0 aromatic carbocycles. The maximum absolute atomic E-state index is 10.4. The minimum absolute atomic E-state index is 0.439. The van der Waals surface area contributed by atoms with Crippen LogP contribution in [0.4, 0.5) is 0 Å². The molecule has 0 spiro atoms. The first kappa shape index (κ1) is 9.89. The number of piperidine rings is 1. The topological polar surface area (TPSA) is 49.6 Å². The normalized spacial score (nSPS) is 18.4. The molecule has 0 unspecified atom stereocenters. The van der Waals surface area contributed by atoms with E-state index in [4.69, 9.17) is 5.73 Å². The second kappa shape index (κ2) is 4.16. The van der Waals surface area contributed by atoms with Crippen LogP contribution in [0.3, 0.4) is 0 Å². The molecule has 0 saturated carbocycles. The molecule has 1 heterocycles. The molecule has 1 aliphatic heterocycles. The van der Waals surface area contributed by atoms with E-state index in [0.29, 0.717) is 11.9 Å². The van der Waals surface area contributed by atoms with E-state index in [1.165, 1.54) is 0 Å². The summed E-state index contributed by atoms with van der Waals surface area (Å²) in [5.41, 5.74) is 5.58. The van der Waals surface area contributed by atoms with Crippen LogP contribution in [-0.2, 0) is 4.79 Å². The van der Waals surface area contributed by atoms with Crippen LogP contribution in [0.5, 0.6) is 0 Å². The maximum atomic E-state index is 10.4. The lowest BCUT2D eigenvalue weighted by Crippen LogP contribution is -2.43. The summed E-state index contributed by atoms with van der Waals surface area (Å²) in [6.45, 7) is 5.34. The molecule has 0 bridgehead atoms. The molecule has 0 aromatic rings. The van der Waals surface area contributed by atoms with Crippen molar-refractivity contribution in [1.82, 2.24) is 9.80 Å². The Balaban J connectivity index is 2.40. The predicted octanol–water partition coefficient (Wildman–Crippen LogP) is -0.0311. The second-order valence-corrected chi connectivity index (χ2v) is 3.47. The molecule has 1 amide bonds. The SMILES string of the molecule is C=C(N)N(C)C1CCN(C=O)CC1. The van der Waals surface area contributed by atoms with Gasteiger partial charge in [0.25, 0.3) is 0 Å². The second-order valence-electron chi connectivity index (χ2n) is 3.47. The van der Waals surface area contributed by atoms with E-state index in [0.717, 1.165) is 32.3 Å². The Morgan fingerprint density at radius 1 is 1.62 bits per heavy atom. The van der Waals surface area contributed by atoms with Gasteiger partial charge in [-0.3, -0.25) is 4.79 Å². The molecular weight excluding hydrogens is 166 g/mol. The molecule has 1 fully saturated rings. The number of carbonyl (C=O) groups is 1. The Hall–Kier alpha value is -1.19. The number of hydrogen-bond donors (Lipinski definition) is 1. The van der Waals surface area contributed by atoms with E-state index in [2.05, 4.69) is 6.58 Å². The fourth-order valence-electron chi connectivity index (χ4n) is 1.61. The van der Waals surface area contributed by atoms with Crippen LogP contribution in [0.2, 0.25) is 0 Å². The highest BCUT2D eigenvalue weighted by Gasteiger charge is 2.21. The highest BCUT2D eigenvalue weighted by Crippen LogP contribution is 2.15. The van der Waals surface area contributed by atoms with Crippen molar-refractivity contribution in [1.29, 1.82) is 0 Å². The first-order valence-corrected chi connectivity index (χ1v) is 4.51. The molecule has 4 heteroatoms. The van der Waals surface area contributed by atoms with Crippen molar-refractivity contribution in [2.24, 2.45) is 5.73 Å². The summed E-state index contributed by atoms with van der Waals surface area (Å²) in [6.07, 6.45) is 2.87. The summed E-state index contributed by atoms with van der Waals surface area (Å²) in [4.78, 5) is 14.2. The Kier molecular flexibility index (Phi) is 3.17. The zero-order valence-corrected chi connectivity index (χ0v) is 8.07. The van der Waals surface area contributed by atoms with Crippen molar-refractivity contribution < 1.29 is 4.79 Å². The van der Waals surface area contributed by atoms with Crippen molar-refractivity contribution in [2.75, 3.05) is 20.1 Å². The lowest BCUT2D eigenvalue weighted by molar-refractivity contribution is -0.119. The van der Waals surface area contributed by atoms with Gasteiger partial charge in [-0.1, -0.05) is 6.58 Å². The van der Waals surface area contributed by atoms with Gasteiger partial charge in [-0.25, -0.2) is 0 Å². The van der Waals surface area contributed by atoms with E-state index in [1.807, 2.05) is 11.9 Å². The fraction of sp³-hybridized carbons (Fsp3) is 0.667. The van der Waals surface area contributed by atoms with Crippen molar-refractivity contribution in [3.8, 4) is 0 Å². The fourth-order valence-corrected chi connectivity index (χ4v) is 1.61. The van der Waals surface area contributed by atoms with Gasteiger partial charge < -0.3 is 15.5 Å². The number of amides is 1. The zero-order chi connectivity index (χ0) is 9.84. The Labute approximate surface area is 79.0 Å². The summed E-state index contributed by atoms with van der Waals surface area (Å²) < 4.78 is 0. The standard InChI is InChI=1S/C9H17N3O/c1-8(10)11(2)9-3-5-12(7-13)6-4-9/h7,9H,1,3-6,10H2,2H3. The van der Waals surface area contributed by atoms with Crippen LogP contribution in [0.15, 0.2) is 12.4 Å². The van der Waals surface area contributed by atoms with Crippen molar-refractivity contribution >= 4 is 6.41 Å². The molecule has 4 nitrogen and oxygen atoms in total. The summed E-state index contributed by atoms with van der Waals surface area (Å²) >= 11 is 0. The first-order chi connectivity index (χ1) is 6.15. The van der Waals surface area contributed by atoms with Crippen molar-refractivity contribution in [2.45, 2.75) is 18.9 Å². The summed E-state index contributed by atoms with van der Waals surface area (Å²) in [6, 6.07) is 0.439. The number of hydrogen-bond acceptors (Lipinski definition) is 3. The zero-order valence-electron chi connectivity index (χ0n) is 8.07. The third-order valence-corrected chi connectivity index (χ3v) is 2.65. The highest BCUT2D eigenvalue weighted by atomic mass is 16.1. The van der Waals surface area contributed by atoms with Gasteiger partial charge in [0.1, 0.15) is 0 Å². The number of likely N-dealkylation sites (tertiary alicyclic amines) is 1. The molecule has 1 rings (SSSR count). The smallest absolute Gasteiger partial charge is 0.209 e. The third-order valence-electron chi connectivity index (χ3n) is 2.65. The van der Waals surface area contributed by atoms with Crippen LogP contribution in [-0.4, -0.2) is 42.4 Å². The summed E-state index contributed by atoms with van der Waals surface area (Å²) in [7, 11) is 1.95. The molecule has 0 radical (unpaired) electrons. The quantitative estimate of drug-likeness (QED) is 0.625. The third kappa shape index (κ3) is 2.37. The van der Waals surface area contributed by atoms with E-state index in [9.17, 15) is 4.79 Å². The molecule has 0 atom stereocenters. The monoisotopic (exact) mass is 183 g/mol. The lowest BCUT2D eigenvalue weighted by Gasteiger charge is -2.36. The van der Waals surface area contributed by atoms with Gasteiger partial charge in [0.05, 0.1) is 5.82 Å². The maximum Gasteiger partial charge on any atom is 0.209 e. The number of nitrogens with two attached hydrogens (primary N) is 1. The van der Waals surface area contributed by atoms with Crippen molar-refractivity contribution in [3.63, 3.8) is 0 Å². The number of nitrogens with zero attached hydrogens (tertiary/aromatic N) is 2. The van der Waals surface area contributed by atoms with Gasteiger partial charge in [-0.2, -0.15) is 0 Å². The Morgan fingerprint density at radius 3 is 2.54 bits per heavy atom. The van der Waals surface area contributed by atoms with Gasteiger partial charge in [0, 0.05) is 26.2 Å². The molecule has 0 aromatic heterocycles.